The number of pyridine rings is 1. The highest BCUT2D eigenvalue weighted by molar-refractivity contribution is 6.78. The Hall–Kier alpha value is -1.36. The maximum atomic E-state index is 14.4. The summed E-state index contributed by atoms with van der Waals surface area (Å²) in [6.45, 7) is 15.5. The second kappa shape index (κ2) is 8.48. The quantitative estimate of drug-likeness (QED) is 0.342. The molecule has 0 aliphatic heterocycles. The van der Waals surface area contributed by atoms with Crippen molar-refractivity contribution in [3.8, 4) is 5.75 Å². The van der Waals surface area contributed by atoms with Crippen molar-refractivity contribution in [3.63, 3.8) is 0 Å². The number of hydrogen-bond acceptors (Lipinski definition) is 3. The highest BCUT2D eigenvalue weighted by Gasteiger charge is 2.47. The minimum Gasteiger partial charge on any atom is -0.540 e. The van der Waals surface area contributed by atoms with Crippen LogP contribution in [-0.2, 0) is 4.74 Å². The summed E-state index contributed by atoms with van der Waals surface area (Å²) >= 11 is 0. The topological polar surface area (TPSA) is 31.4 Å². The fourth-order valence-corrected chi connectivity index (χ4v) is 8.60. The van der Waals surface area contributed by atoms with Crippen molar-refractivity contribution in [3.05, 3.63) is 30.0 Å². The van der Waals surface area contributed by atoms with Gasteiger partial charge in [-0.05, 0) is 41.8 Å². The minimum atomic E-state index is -2.17. The van der Waals surface area contributed by atoms with E-state index in [0.717, 1.165) is 0 Å². The Morgan fingerprint density at radius 1 is 1.09 bits per heavy atom. The molecule has 5 heteroatoms. The molecule has 1 aromatic heterocycles. The van der Waals surface area contributed by atoms with Crippen LogP contribution in [0.5, 0.6) is 5.75 Å². The Morgan fingerprint density at radius 3 is 2.09 bits per heavy atom. The molecular formula is C18H30FNO2Si. The van der Waals surface area contributed by atoms with Crippen LogP contribution in [0.25, 0.3) is 6.08 Å². The van der Waals surface area contributed by atoms with Crippen LogP contribution in [0, 0.1) is 5.95 Å². The average molecular weight is 340 g/mol. The Labute approximate surface area is 141 Å². The first-order valence-corrected chi connectivity index (χ1v) is 10.5. The number of rotatable bonds is 8. The van der Waals surface area contributed by atoms with Crippen LogP contribution in [0.3, 0.4) is 0 Å². The van der Waals surface area contributed by atoms with Crippen molar-refractivity contribution in [1.29, 1.82) is 0 Å². The highest BCUT2D eigenvalue weighted by Crippen LogP contribution is 2.43. The fraction of sp³-hybridized carbons (Fsp3) is 0.611. The van der Waals surface area contributed by atoms with Gasteiger partial charge in [-0.3, -0.25) is 0 Å². The van der Waals surface area contributed by atoms with E-state index in [4.69, 9.17) is 9.16 Å². The van der Waals surface area contributed by atoms with Crippen LogP contribution < -0.4 is 4.43 Å². The van der Waals surface area contributed by atoms with Crippen LogP contribution in [0.15, 0.2) is 18.4 Å². The monoisotopic (exact) mass is 339 g/mol. The predicted octanol–water partition coefficient (Wildman–Crippen LogP) is 5.78. The van der Waals surface area contributed by atoms with E-state index in [1.807, 2.05) is 6.92 Å². The van der Waals surface area contributed by atoms with Gasteiger partial charge in [0, 0.05) is 0 Å². The zero-order chi connectivity index (χ0) is 17.6. The second-order valence-corrected chi connectivity index (χ2v) is 12.1. The molecule has 3 nitrogen and oxygen atoms in total. The van der Waals surface area contributed by atoms with Crippen LogP contribution in [0.2, 0.25) is 16.6 Å². The standard InChI is InChI=1S/C18H30FNO2Si/c1-8-21-12-11-16-9-10-17(18(19)20-16)22-23(13(2)3,14(4)5)15(6)7/h9-15H,8H2,1-7H3. The van der Waals surface area contributed by atoms with Crippen molar-refractivity contribution in [2.75, 3.05) is 6.61 Å². The Bertz CT molecular complexity index is 508. The van der Waals surface area contributed by atoms with E-state index >= 15 is 0 Å². The third-order valence-corrected chi connectivity index (χ3v) is 10.3. The second-order valence-electron chi connectivity index (χ2n) is 6.70. The van der Waals surface area contributed by atoms with Crippen molar-refractivity contribution >= 4 is 14.4 Å². The highest BCUT2D eigenvalue weighted by atomic mass is 28.4. The predicted molar refractivity (Wildman–Crippen MR) is 96.5 cm³/mol. The number of hydrogen-bond donors (Lipinski definition) is 0. The fourth-order valence-electron chi connectivity index (χ4n) is 3.36. The van der Waals surface area contributed by atoms with Crippen molar-refractivity contribution in [1.82, 2.24) is 4.98 Å². The number of aromatic nitrogens is 1. The zero-order valence-corrected chi connectivity index (χ0v) is 16.4. The summed E-state index contributed by atoms with van der Waals surface area (Å²) in [6, 6.07) is 3.44. The lowest BCUT2D eigenvalue weighted by Crippen LogP contribution is -2.50. The molecule has 1 rings (SSSR count). The maximum Gasteiger partial charge on any atom is 0.258 e. The lowest BCUT2D eigenvalue weighted by atomic mass is 10.3. The molecule has 0 bridgehead atoms. The SMILES string of the molecule is CCOC=Cc1ccc(O[Si](C(C)C)(C(C)C)C(C)C)c(F)n1. The summed E-state index contributed by atoms with van der Waals surface area (Å²) in [5.41, 5.74) is 1.69. The van der Waals surface area contributed by atoms with Gasteiger partial charge in [-0.2, -0.15) is 4.39 Å². The molecule has 0 aliphatic rings. The molecule has 0 aromatic carbocycles. The molecule has 0 spiro atoms. The number of ether oxygens (including phenoxy) is 1. The maximum absolute atomic E-state index is 14.4. The molecule has 23 heavy (non-hydrogen) atoms. The molecule has 0 amide bonds. The van der Waals surface area contributed by atoms with Gasteiger partial charge in [-0.1, -0.05) is 41.5 Å². The van der Waals surface area contributed by atoms with Gasteiger partial charge in [0.05, 0.1) is 18.6 Å². The van der Waals surface area contributed by atoms with Gasteiger partial charge in [-0.15, -0.1) is 0 Å². The Kier molecular flexibility index (Phi) is 7.26. The summed E-state index contributed by atoms with van der Waals surface area (Å²) in [5.74, 6) is -0.288. The molecule has 0 unspecified atom stereocenters. The Morgan fingerprint density at radius 2 is 1.65 bits per heavy atom. The lowest BCUT2D eigenvalue weighted by molar-refractivity contribution is 0.272. The molecule has 1 aromatic rings. The summed E-state index contributed by atoms with van der Waals surface area (Å²) in [7, 11) is -2.17. The summed E-state index contributed by atoms with van der Waals surface area (Å²) < 4.78 is 25.9. The summed E-state index contributed by atoms with van der Waals surface area (Å²) in [4.78, 5) is 3.97. The molecule has 0 aliphatic carbocycles. The van der Waals surface area contributed by atoms with E-state index in [-0.39, 0.29) is 5.75 Å². The number of nitrogens with zero attached hydrogens (tertiary/aromatic N) is 1. The molecule has 0 saturated carbocycles. The van der Waals surface area contributed by atoms with Crippen molar-refractivity contribution in [2.24, 2.45) is 0 Å². The lowest BCUT2D eigenvalue weighted by Gasteiger charge is -2.42. The van der Waals surface area contributed by atoms with E-state index in [1.165, 1.54) is 6.26 Å². The third-order valence-electron chi connectivity index (χ3n) is 4.33. The van der Waals surface area contributed by atoms with Gasteiger partial charge in [0.1, 0.15) is 0 Å². The van der Waals surface area contributed by atoms with E-state index < -0.39 is 14.3 Å². The van der Waals surface area contributed by atoms with E-state index in [0.29, 0.717) is 28.9 Å². The van der Waals surface area contributed by atoms with Crippen LogP contribution in [-0.4, -0.2) is 19.9 Å². The van der Waals surface area contributed by atoms with Gasteiger partial charge >= 0.3 is 0 Å². The van der Waals surface area contributed by atoms with Gasteiger partial charge < -0.3 is 9.16 Å². The Balaban J connectivity index is 3.11. The molecular weight excluding hydrogens is 309 g/mol. The first-order valence-electron chi connectivity index (χ1n) is 8.39. The van der Waals surface area contributed by atoms with E-state index in [1.54, 1.807) is 18.2 Å². The zero-order valence-electron chi connectivity index (χ0n) is 15.4. The van der Waals surface area contributed by atoms with E-state index in [2.05, 4.69) is 46.5 Å². The largest absolute Gasteiger partial charge is 0.540 e. The van der Waals surface area contributed by atoms with Gasteiger partial charge in [0.15, 0.2) is 5.75 Å². The first kappa shape index (κ1) is 19.7. The average Bonchev–Trinajstić information content (AvgIpc) is 2.45. The van der Waals surface area contributed by atoms with Gasteiger partial charge in [-0.25, -0.2) is 4.98 Å². The normalized spacial score (nSPS) is 12.7. The van der Waals surface area contributed by atoms with Gasteiger partial charge in [0.2, 0.25) is 0 Å². The van der Waals surface area contributed by atoms with Gasteiger partial charge in [0.25, 0.3) is 14.3 Å². The molecule has 0 atom stereocenters. The van der Waals surface area contributed by atoms with Crippen LogP contribution >= 0.6 is 0 Å². The molecule has 1 heterocycles. The van der Waals surface area contributed by atoms with Crippen LogP contribution in [0.1, 0.15) is 54.2 Å². The summed E-state index contributed by atoms with van der Waals surface area (Å²) in [6.07, 6.45) is 3.17. The van der Waals surface area contributed by atoms with Crippen molar-refractivity contribution in [2.45, 2.75) is 65.1 Å². The molecule has 0 fully saturated rings. The molecule has 130 valence electrons. The minimum absolute atomic E-state index is 0.265. The number of halogens is 1. The molecule has 0 saturated heterocycles. The summed E-state index contributed by atoms with van der Waals surface area (Å²) in [5, 5.41) is 0. The van der Waals surface area contributed by atoms with Crippen LogP contribution in [0.4, 0.5) is 4.39 Å². The van der Waals surface area contributed by atoms with Crippen molar-refractivity contribution < 1.29 is 13.6 Å². The third kappa shape index (κ3) is 4.56. The molecule has 0 radical (unpaired) electrons. The molecule has 0 N–H and O–H groups in total. The first-order chi connectivity index (χ1) is 10.8. The smallest absolute Gasteiger partial charge is 0.258 e. The van der Waals surface area contributed by atoms with E-state index in [9.17, 15) is 4.39 Å².